The van der Waals surface area contributed by atoms with Crippen LogP contribution in [-0.2, 0) is 4.74 Å². The molecule has 0 radical (unpaired) electrons. The maximum atomic E-state index is 11.5. The zero-order chi connectivity index (χ0) is 15.5. The Kier molecular flexibility index (Phi) is 6.63. The standard InChI is InChI=1S/C15H16N4O3.K/c1-10-12(15(20)21)14(19-5-7-22-8-6-19)18-13(17-10)11-3-2-4-16-9-11;/h2-4,9H,5-8H2,1H3,(H,20,21);/q;+1/p-1. The summed E-state index contributed by atoms with van der Waals surface area (Å²) >= 11 is 0. The minimum absolute atomic E-state index is 0. The molecule has 0 unspecified atom stereocenters. The zero-order valence-corrected chi connectivity index (χ0v) is 16.3. The molecule has 114 valence electrons. The second-order valence-corrected chi connectivity index (χ2v) is 4.96. The summed E-state index contributed by atoms with van der Waals surface area (Å²) in [4.78, 5) is 26.1. The molecule has 0 aromatic carbocycles. The molecular formula is C15H15KN4O3. The molecule has 1 aliphatic heterocycles. The Morgan fingerprint density at radius 2 is 2.04 bits per heavy atom. The van der Waals surface area contributed by atoms with Crippen molar-refractivity contribution in [2.24, 2.45) is 0 Å². The van der Waals surface area contributed by atoms with Crippen LogP contribution in [0, 0.1) is 6.92 Å². The Balaban J connectivity index is 0.00000192. The molecule has 2 aromatic heterocycles. The normalized spacial score (nSPS) is 14.2. The number of carboxylic acids is 1. The van der Waals surface area contributed by atoms with E-state index in [0.29, 0.717) is 43.6 Å². The number of anilines is 1. The van der Waals surface area contributed by atoms with Gasteiger partial charge >= 0.3 is 51.4 Å². The fourth-order valence-electron chi connectivity index (χ4n) is 2.42. The molecule has 2 aromatic rings. The maximum absolute atomic E-state index is 11.5. The van der Waals surface area contributed by atoms with Crippen molar-refractivity contribution in [1.82, 2.24) is 15.0 Å². The minimum atomic E-state index is -1.27. The van der Waals surface area contributed by atoms with Crippen LogP contribution < -0.4 is 61.4 Å². The average Bonchev–Trinajstić information content (AvgIpc) is 2.55. The number of hydrogen-bond acceptors (Lipinski definition) is 7. The van der Waals surface area contributed by atoms with Gasteiger partial charge in [0.05, 0.1) is 30.4 Å². The molecule has 3 heterocycles. The van der Waals surface area contributed by atoms with E-state index >= 15 is 0 Å². The Hall–Kier alpha value is -0.904. The third-order valence-corrected chi connectivity index (χ3v) is 3.51. The van der Waals surface area contributed by atoms with Gasteiger partial charge in [-0.2, -0.15) is 0 Å². The molecule has 0 saturated carbocycles. The maximum Gasteiger partial charge on any atom is 1.00 e. The minimum Gasteiger partial charge on any atom is -0.545 e. The summed E-state index contributed by atoms with van der Waals surface area (Å²) in [5.74, 6) is -0.427. The number of carboxylic acid groups (broad SMARTS) is 1. The van der Waals surface area contributed by atoms with Crippen LogP contribution in [0.4, 0.5) is 5.82 Å². The van der Waals surface area contributed by atoms with E-state index in [-0.39, 0.29) is 56.9 Å². The number of rotatable bonds is 3. The molecule has 0 atom stereocenters. The molecule has 0 aliphatic carbocycles. The molecule has 7 nitrogen and oxygen atoms in total. The monoisotopic (exact) mass is 338 g/mol. The molecule has 0 bridgehead atoms. The molecule has 0 spiro atoms. The van der Waals surface area contributed by atoms with E-state index in [1.54, 1.807) is 25.4 Å². The molecule has 3 rings (SSSR count). The van der Waals surface area contributed by atoms with Crippen molar-refractivity contribution >= 4 is 11.8 Å². The Morgan fingerprint density at radius 1 is 1.30 bits per heavy atom. The Bertz CT molecular complexity index is 691. The van der Waals surface area contributed by atoms with Gasteiger partial charge in [0.2, 0.25) is 0 Å². The number of nitrogens with zero attached hydrogens (tertiary/aromatic N) is 4. The van der Waals surface area contributed by atoms with E-state index in [1.165, 1.54) is 0 Å². The Morgan fingerprint density at radius 3 is 2.65 bits per heavy atom. The Labute approximate surface area is 176 Å². The molecule has 23 heavy (non-hydrogen) atoms. The van der Waals surface area contributed by atoms with Crippen LogP contribution in [0.3, 0.4) is 0 Å². The number of aryl methyl sites for hydroxylation is 1. The van der Waals surface area contributed by atoms with Gasteiger partial charge in [-0.15, -0.1) is 0 Å². The number of ether oxygens (including phenoxy) is 1. The molecule has 1 saturated heterocycles. The summed E-state index contributed by atoms with van der Waals surface area (Å²) in [5.41, 5.74) is 1.16. The quantitative estimate of drug-likeness (QED) is 0.553. The van der Waals surface area contributed by atoms with Crippen LogP contribution >= 0.6 is 0 Å². The fourth-order valence-corrected chi connectivity index (χ4v) is 2.42. The van der Waals surface area contributed by atoms with Gasteiger partial charge in [0.1, 0.15) is 5.82 Å². The van der Waals surface area contributed by atoms with Gasteiger partial charge in [-0.1, -0.05) is 0 Å². The summed E-state index contributed by atoms with van der Waals surface area (Å²) in [5, 5.41) is 11.5. The van der Waals surface area contributed by atoms with Crippen LogP contribution in [0.15, 0.2) is 24.5 Å². The van der Waals surface area contributed by atoms with Crippen molar-refractivity contribution in [3.8, 4) is 11.4 Å². The fraction of sp³-hybridized carbons (Fsp3) is 0.333. The second kappa shape index (κ2) is 8.27. The van der Waals surface area contributed by atoms with Gasteiger partial charge in [0.25, 0.3) is 0 Å². The first-order valence-corrected chi connectivity index (χ1v) is 7.00. The predicted octanol–water partition coefficient (Wildman–Crippen LogP) is -2.95. The van der Waals surface area contributed by atoms with Gasteiger partial charge in [-0.25, -0.2) is 9.97 Å². The molecule has 0 amide bonds. The molecule has 8 heteroatoms. The van der Waals surface area contributed by atoms with E-state index in [2.05, 4.69) is 15.0 Å². The first-order chi connectivity index (χ1) is 10.7. The van der Waals surface area contributed by atoms with Crippen molar-refractivity contribution in [1.29, 1.82) is 0 Å². The van der Waals surface area contributed by atoms with Gasteiger partial charge in [0.15, 0.2) is 5.82 Å². The van der Waals surface area contributed by atoms with Crippen LogP contribution in [-0.4, -0.2) is 47.2 Å². The van der Waals surface area contributed by atoms with Crippen LogP contribution in [0.1, 0.15) is 16.1 Å². The van der Waals surface area contributed by atoms with Crippen LogP contribution in [0.2, 0.25) is 0 Å². The summed E-state index contributed by atoms with van der Waals surface area (Å²) in [6.07, 6.45) is 3.31. The number of carbonyl (C=O) groups is 1. The van der Waals surface area contributed by atoms with Crippen molar-refractivity contribution in [3.63, 3.8) is 0 Å². The first-order valence-electron chi connectivity index (χ1n) is 7.00. The van der Waals surface area contributed by atoms with Gasteiger partial charge in [-0.3, -0.25) is 4.98 Å². The molecule has 1 fully saturated rings. The van der Waals surface area contributed by atoms with Crippen molar-refractivity contribution in [3.05, 3.63) is 35.8 Å². The summed E-state index contributed by atoms with van der Waals surface area (Å²) in [7, 11) is 0. The van der Waals surface area contributed by atoms with Crippen LogP contribution in [0.25, 0.3) is 11.4 Å². The van der Waals surface area contributed by atoms with E-state index in [0.717, 1.165) is 5.56 Å². The van der Waals surface area contributed by atoms with Crippen molar-refractivity contribution in [2.45, 2.75) is 6.92 Å². The number of aromatic carboxylic acids is 1. The second-order valence-electron chi connectivity index (χ2n) is 4.96. The summed E-state index contributed by atoms with van der Waals surface area (Å²) in [6, 6.07) is 3.62. The number of hydrogen-bond donors (Lipinski definition) is 0. The summed E-state index contributed by atoms with van der Waals surface area (Å²) in [6.45, 7) is 3.90. The van der Waals surface area contributed by atoms with E-state index in [1.807, 2.05) is 11.0 Å². The molecule has 0 N–H and O–H groups in total. The summed E-state index contributed by atoms with van der Waals surface area (Å²) < 4.78 is 5.31. The van der Waals surface area contributed by atoms with E-state index < -0.39 is 5.97 Å². The number of pyridine rings is 1. The number of carbonyl (C=O) groups excluding carboxylic acids is 1. The first kappa shape index (κ1) is 18.4. The van der Waals surface area contributed by atoms with Crippen LogP contribution in [0.5, 0.6) is 0 Å². The average molecular weight is 338 g/mol. The predicted molar refractivity (Wildman–Crippen MR) is 77.4 cm³/mol. The topological polar surface area (TPSA) is 91.3 Å². The SMILES string of the molecule is Cc1nc(-c2cccnc2)nc(N2CCOCC2)c1C(=O)[O-].[K+]. The zero-order valence-electron chi connectivity index (χ0n) is 13.2. The van der Waals surface area contributed by atoms with Gasteiger partial charge < -0.3 is 19.5 Å². The smallest absolute Gasteiger partial charge is 0.545 e. The van der Waals surface area contributed by atoms with Gasteiger partial charge in [0, 0.05) is 31.0 Å². The largest absolute Gasteiger partial charge is 1.00 e. The van der Waals surface area contributed by atoms with Crippen molar-refractivity contribution in [2.75, 3.05) is 31.2 Å². The van der Waals surface area contributed by atoms with Gasteiger partial charge in [-0.05, 0) is 19.1 Å². The number of aromatic nitrogens is 3. The third kappa shape index (κ3) is 4.14. The number of morpholine rings is 1. The molecular weight excluding hydrogens is 323 g/mol. The van der Waals surface area contributed by atoms with E-state index in [9.17, 15) is 9.90 Å². The third-order valence-electron chi connectivity index (χ3n) is 3.51. The van der Waals surface area contributed by atoms with Crippen molar-refractivity contribution < 1.29 is 66.0 Å². The van der Waals surface area contributed by atoms with E-state index in [4.69, 9.17) is 4.74 Å². The molecule has 1 aliphatic rings.